The van der Waals surface area contributed by atoms with E-state index in [1.165, 1.54) is 0 Å². The predicted molar refractivity (Wildman–Crippen MR) is 92.9 cm³/mol. The van der Waals surface area contributed by atoms with E-state index in [1.54, 1.807) is 11.3 Å². The van der Waals surface area contributed by atoms with Crippen molar-refractivity contribution in [1.82, 2.24) is 9.88 Å². The van der Waals surface area contributed by atoms with Crippen molar-refractivity contribution < 1.29 is 9.84 Å². The fourth-order valence-corrected chi connectivity index (χ4v) is 3.43. The summed E-state index contributed by atoms with van der Waals surface area (Å²) >= 11 is 1.68. The number of aliphatic hydroxyl groups is 1. The quantitative estimate of drug-likeness (QED) is 0.838. The number of rotatable bonds is 7. The lowest BCUT2D eigenvalue weighted by Crippen LogP contribution is -2.49. The fraction of sp³-hybridized carbons (Fsp3) is 0.471. The van der Waals surface area contributed by atoms with Crippen molar-refractivity contribution in [3.8, 4) is 0 Å². The number of nitrogens with zero attached hydrogens (tertiary/aromatic N) is 3. The maximum absolute atomic E-state index is 10.1. The summed E-state index contributed by atoms with van der Waals surface area (Å²) in [5.41, 5.74) is 1.14. The minimum atomic E-state index is -0.440. The molecule has 6 heteroatoms. The third kappa shape index (κ3) is 5.00. The molecule has 23 heavy (non-hydrogen) atoms. The molecule has 1 atom stereocenters. The van der Waals surface area contributed by atoms with E-state index >= 15 is 0 Å². The summed E-state index contributed by atoms with van der Waals surface area (Å²) in [6, 6.07) is 10.0. The summed E-state index contributed by atoms with van der Waals surface area (Å²) in [6.07, 6.45) is 1.41. The molecule has 1 aromatic heterocycles. The second-order valence-electron chi connectivity index (χ2n) is 5.76. The molecule has 124 valence electrons. The van der Waals surface area contributed by atoms with Crippen molar-refractivity contribution in [2.24, 2.45) is 0 Å². The van der Waals surface area contributed by atoms with Gasteiger partial charge in [-0.2, -0.15) is 0 Å². The van der Waals surface area contributed by atoms with Crippen molar-refractivity contribution in [2.75, 3.05) is 44.2 Å². The Kier molecular flexibility index (Phi) is 5.99. The number of hydrogen-bond donors (Lipinski definition) is 1. The third-order valence-electron chi connectivity index (χ3n) is 3.95. The minimum Gasteiger partial charge on any atom is -0.389 e. The van der Waals surface area contributed by atoms with E-state index in [1.807, 2.05) is 41.9 Å². The SMILES string of the molecule is OC(COCc1ccccc1)CN1CCN(c2nccs2)CC1. The van der Waals surface area contributed by atoms with Gasteiger partial charge in [-0.25, -0.2) is 4.98 Å². The Hall–Kier alpha value is -1.47. The van der Waals surface area contributed by atoms with Crippen molar-refractivity contribution >= 4 is 16.5 Å². The molecule has 1 aliphatic heterocycles. The lowest BCUT2D eigenvalue weighted by molar-refractivity contribution is 0.00914. The first-order chi connectivity index (χ1) is 11.3. The molecule has 2 aromatic rings. The fourth-order valence-electron chi connectivity index (χ4n) is 2.73. The van der Waals surface area contributed by atoms with E-state index < -0.39 is 6.10 Å². The van der Waals surface area contributed by atoms with Crippen molar-refractivity contribution in [3.63, 3.8) is 0 Å². The normalized spacial score (nSPS) is 17.3. The Bertz CT molecular complexity index is 556. The van der Waals surface area contributed by atoms with Gasteiger partial charge in [-0.05, 0) is 5.56 Å². The molecule has 1 aliphatic rings. The van der Waals surface area contributed by atoms with Crippen molar-refractivity contribution in [2.45, 2.75) is 12.7 Å². The molecule has 0 amide bonds. The van der Waals surface area contributed by atoms with Gasteiger partial charge in [-0.15, -0.1) is 11.3 Å². The number of hydrogen-bond acceptors (Lipinski definition) is 6. The van der Waals surface area contributed by atoms with Gasteiger partial charge in [0.2, 0.25) is 0 Å². The van der Waals surface area contributed by atoms with Crippen LogP contribution in [0.2, 0.25) is 0 Å². The maximum Gasteiger partial charge on any atom is 0.185 e. The van der Waals surface area contributed by atoms with Crippen molar-refractivity contribution in [1.29, 1.82) is 0 Å². The number of piperazine rings is 1. The van der Waals surface area contributed by atoms with Crippen LogP contribution in [-0.4, -0.2) is 60.4 Å². The van der Waals surface area contributed by atoms with E-state index in [0.29, 0.717) is 19.8 Å². The second-order valence-corrected chi connectivity index (χ2v) is 6.63. The molecule has 1 fully saturated rings. The molecular weight excluding hydrogens is 310 g/mol. The Morgan fingerprint density at radius 1 is 1.17 bits per heavy atom. The number of thiazole rings is 1. The molecule has 0 bridgehead atoms. The molecule has 1 unspecified atom stereocenters. The molecule has 3 rings (SSSR count). The average molecular weight is 333 g/mol. The lowest BCUT2D eigenvalue weighted by Gasteiger charge is -2.35. The van der Waals surface area contributed by atoms with Crippen LogP contribution in [0.25, 0.3) is 0 Å². The van der Waals surface area contributed by atoms with Gasteiger partial charge in [-0.3, -0.25) is 4.90 Å². The maximum atomic E-state index is 10.1. The summed E-state index contributed by atoms with van der Waals surface area (Å²) in [6.45, 7) is 5.43. The molecule has 2 heterocycles. The molecule has 1 saturated heterocycles. The van der Waals surface area contributed by atoms with E-state index in [-0.39, 0.29) is 0 Å². The van der Waals surface area contributed by atoms with Crippen LogP contribution in [0.15, 0.2) is 41.9 Å². The van der Waals surface area contributed by atoms with E-state index in [0.717, 1.165) is 36.9 Å². The van der Waals surface area contributed by atoms with Gasteiger partial charge in [0.05, 0.1) is 19.3 Å². The Labute approximate surface area is 141 Å². The zero-order valence-electron chi connectivity index (χ0n) is 13.2. The summed E-state index contributed by atoms with van der Waals surface area (Å²) < 4.78 is 5.61. The molecule has 0 spiro atoms. The van der Waals surface area contributed by atoms with Crippen LogP contribution in [0.3, 0.4) is 0 Å². The largest absolute Gasteiger partial charge is 0.389 e. The highest BCUT2D eigenvalue weighted by Gasteiger charge is 2.20. The summed E-state index contributed by atoms with van der Waals surface area (Å²) in [5, 5.41) is 13.2. The van der Waals surface area contributed by atoms with Crippen LogP contribution in [-0.2, 0) is 11.3 Å². The number of aromatic nitrogens is 1. The van der Waals surface area contributed by atoms with Gasteiger partial charge in [0.15, 0.2) is 5.13 Å². The number of anilines is 1. The highest BCUT2D eigenvalue weighted by atomic mass is 32.1. The molecule has 0 aliphatic carbocycles. The van der Waals surface area contributed by atoms with Gasteiger partial charge in [0.1, 0.15) is 0 Å². The highest BCUT2D eigenvalue weighted by molar-refractivity contribution is 7.13. The van der Waals surface area contributed by atoms with Crippen molar-refractivity contribution in [3.05, 3.63) is 47.5 Å². The van der Waals surface area contributed by atoms with E-state index in [9.17, 15) is 5.11 Å². The zero-order chi connectivity index (χ0) is 15.9. The van der Waals surface area contributed by atoms with Gasteiger partial charge in [-0.1, -0.05) is 30.3 Å². The van der Waals surface area contributed by atoms with Crippen LogP contribution in [0, 0.1) is 0 Å². The Morgan fingerprint density at radius 3 is 2.65 bits per heavy atom. The van der Waals surface area contributed by atoms with Gasteiger partial charge < -0.3 is 14.7 Å². The highest BCUT2D eigenvalue weighted by Crippen LogP contribution is 2.18. The molecule has 0 saturated carbocycles. The Morgan fingerprint density at radius 2 is 1.96 bits per heavy atom. The first-order valence-corrected chi connectivity index (χ1v) is 8.86. The van der Waals surface area contributed by atoms with Crippen LogP contribution >= 0.6 is 11.3 Å². The second kappa shape index (κ2) is 8.40. The molecular formula is C17H23N3O2S. The topological polar surface area (TPSA) is 48.8 Å². The van der Waals surface area contributed by atoms with E-state index in [2.05, 4.69) is 14.8 Å². The molecule has 1 aromatic carbocycles. The first kappa shape index (κ1) is 16.4. The standard InChI is InChI=1S/C17H23N3O2S/c21-16(14-22-13-15-4-2-1-3-5-15)12-19-7-9-20(10-8-19)17-18-6-11-23-17/h1-6,11,16,21H,7-10,12-14H2. The monoisotopic (exact) mass is 333 g/mol. The molecule has 1 N–H and O–H groups in total. The van der Waals surface area contributed by atoms with Gasteiger partial charge in [0, 0.05) is 44.3 Å². The van der Waals surface area contributed by atoms with Crippen LogP contribution < -0.4 is 4.90 Å². The number of aliphatic hydroxyl groups excluding tert-OH is 1. The van der Waals surface area contributed by atoms with Gasteiger partial charge >= 0.3 is 0 Å². The third-order valence-corrected chi connectivity index (χ3v) is 4.79. The van der Waals surface area contributed by atoms with Crippen LogP contribution in [0.1, 0.15) is 5.56 Å². The summed E-state index contributed by atoms with van der Waals surface area (Å²) in [7, 11) is 0. The first-order valence-electron chi connectivity index (χ1n) is 7.98. The number of β-amino-alcohol motifs (C(OH)–C–C–N with tert-alkyl or cyclic N) is 1. The minimum absolute atomic E-state index is 0.377. The molecule has 5 nitrogen and oxygen atoms in total. The van der Waals surface area contributed by atoms with Gasteiger partial charge in [0.25, 0.3) is 0 Å². The van der Waals surface area contributed by atoms with Crippen LogP contribution in [0.4, 0.5) is 5.13 Å². The smallest absolute Gasteiger partial charge is 0.185 e. The average Bonchev–Trinajstić information content (AvgIpc) is 3.11. The van der Waals surface area contributed by atoms with E-state index in [4.69, 9.17) is 4.74 Å². The number of ether oxygens (including phenoxy) is 1. The lowest BCUT2D eigenvalue weighted by atomic mass is 10.2. The molecule has 0 radical (unpaired) electrons. The predicted octanol–water partition coefficient (Wildman–Crippen LogP) is 1.84. The Balaban J connectivity index is 1.34. The summed E-state index contributed by atoms with van der Waals surface area (Å²) in [5.74, 6) is 0. The van der Waals surface area contributed by atoms with Crippen LogP contribution in [0.5, 0.6) is 0 Å². The number of benzene rings is 1. The summed E-state index contributed by atoms with van der Waals surface area (Å²) in [4.78, 5) is 8.95. The zero-order valence-corrected chi connectivity index (χ0v) is 14.0.